The molecule has 0 aliphatic carbocycles. The van der Waals surface area contributed by atoms with E-state index in [1.807, 2.05) is 37.3 Å². The summed E-state index contributed by atoms with van der Waals surface area (Å²) in [7, 11) is 0. The van der Waals surface area contributed by atoms with Crippen LogP contribution < -0.4 is 20.9 Å². The zero-order valence-corrected chi connectivity index (χ0v) is 19.9. The summed E-state index contributed by atoms with van der Waals surface area (Å²) in [5, 5.41) is 8.41. The van der Waals surface area contributed by atoms with Crippen LogP contribution in [0.1, 0.15) is 27.0 Å². The van der Waals surface area contributed by atoms with Crippen molar-refractivity contribution in [3.05, 3.63) is 88.7 Å². The molecule has 1 saturated heterocycles. The molecule has 1 aliphatic heterocycles. The number of rotatable bonds is 6. The minimum Gasteiger partial charge on any atom is -0.378 e. The van der Waals surface area contributed by atoms with Gasteiger partial charge in [0.25, 0.3) is 5.91 Å². The van der Waals surface area contributed by atoms with E-state index in [1.165, 1.54) is 6.07 Å². The monoisotopic (exact) mass is 476 g/mol. The van der Waals surface area contributed by atoms with Crippen LogP contribution in [-0.4, -0.2) is 38.2 Å². The van der Waals surface area contributed by atoms with Gasteiger partial charge in [0.05, 0.1) is 24.6 Å². The minimum atomic E-state index is -0.528. The summed E-state index contributed by atoms with van der Waals surface area (Å²) in [6.45, 7) is 6.55. The smallest absolute Gasteiger partial charge is 0.323 e. The fourth-order valence-electron chi connectivity index (χ4n) is 3.80. The summed E-state index contributed by atoms with van der Waals surface area (Å²) in [5.41, 5.74) is 4.68. The number of hydrogen-bond donors (Lipinski definition) is 3. The third-order valence-electron chi connectivity index (χ3n) is 5.86. The number of anilines is 3. The van der Waals surface area contributed by atoms with Gasteiger partial charge in [-0.15, -0.1) is 0 Å². The molecule has 35 heavy (non-hydrogen) atoms. The number of halogens is 1. The van der Waals surface area contributed by atoms with Crippen LogP contribution in [0.3, 0.4) is 0 Å². The van der Waals surface area contributed by atoms with Crippen molar-refractivity contribution in [3.63, 3.8) is 0 Å². The molecule has 1 heterocycles. The van der Waals surface area contributed by atoms with E-state index in [0.717, 1.165) is 16.8 Å². The van der Waals surface area contributed by atoms with E-state index in [4.69, 9.17) is 4.74 Å². The highest BCUT2D eigenvalue weighted by Crippen LogP contribution is 2.28. The highest BCUT2D eigenvalue weighted by Gasteiger charge is 2.18. The van der Waals surface area contributed by atoms with Gasteiger partial charge in [0, 0.05) is 30.9 Å². The van der Waals surface area contributed by atoms with Crippen molar-refractivity contribution in [3.8, 4) is 0 Å². The Kier molecular flexibility index (Phi) is 7.62. The molecule has 3 aromatic carbocycles. The molecule has 1 aliphatic rings. The van der Waals surface area contributed by atoms with E-state index in [9.17, 15) is 14.0 Å². The van der Waals surface area contributed by atoms with E-state index in [2.05, 4.69) is 20.9 Å². The third kappa shape index (κ3) is 6.36. The Labute approximate surface area is 204 Å². The van der Waals surface area contributed by atoms with Crippen molar-refractivity contribution in [2.75, 3.05) is 41.8 Å². The predicted octanol–water partition coefficient (Wildman–Crippen LogP) is 4.85. The van der Waals surface area contributed by atoms with Crippen LogP contribution in [0.2, 0.25) is 0 Å². The number of urea groups is 1. The quantitative estimate of drug-likeness (QED) is 0.475. The molecule has 0 saturated carbocycles. The van der Waals surface area contributed by atoms with Crippen LogP contribution in [0.5, 0.6) is 0 Å². The second-order valence-electron chi connectivity index (χ2n) is 8.54. The lowest BCUT2D eigenvalue weighted by molar-refractivity contribution is 0.0951. The van der Waals surface area contributed by atoms with Gasteiger partial charge in [-0.25, -0.2) is 9.18 Å². The number of nitrogens with one attached hydrogen (secondary N) is 3. The third-order valence-corrected chi connectivity index (χ3v) is 5.86. The molecule has 0 aromatic heterocycles. The lowest BCUT2D eigenvalue weighted by Crippen LogP contribution is -2.37. The molecule has 0 atom stereocenters. The number of carbonyl (C=O) groups is 2. The lowest BCUT2D eigenvalue weighted by Gasteiger charge is -2.30. The first-order valence-corrected chi connectivity index (χ1v) is 11.5. The first-order chi connectivity index (χ1) is 16.9. The first kappa shape index (κ1) is 24.2. The fourth-order valence-corrected chi connectivity index (χ4v) is 3.80. The minimum absolute atomic E-state index is 0.247. The Hall–Kier alpha value is -3.91. The molecule has 0 radical (unpaired) electrons. The highest BCUT2D eigenvalue weighted by molar-refractivity contribution is 6.04. The lowest BCUT2D eigenvalue weighted by atomic mass is 10.1. The number of carbonyl (C=O) groups excluding carboxylic acids is 2. The molecule has 0 spiro atoms. The Balaban J connectivity index is 1.51. The largest absolute Gasteiger partial charge is 0.378 e. The van der Waals surface area contributed by atoms with Crippen molar-refractivity contribution in [1.29, 1.82) is 0 Å². The van der Waals surface area contributed by atoms with E-state index >= 15 is 0 Å². The number of morpholine rings is 1. The number of hydrogen-bond acceptors (Lipinski definition) is 4. The average molecular weight is 477 g/mol. The van der Waals surface area contributed by atoms with Gasteiger partial charge < -0.3 is 25.6 Å². The molecule has 0 unspecified atom stereocenters. The molecule has 182 valence electrons. The van der Waals surface area contributed by atoms with Crippen LogP contribution >= 0.6 is 0 Å². The molecule has 4 rings (SSSR count). The van der Waals surface area contributed by atoms with E-state index in [1.54, 1.807) is 31.2 Å². The van der Waals surface area contributed by atoms with Crippen LogP contribution in [-0.2, 0) is 11.3 Å². The van der Waals surface area contributed by atoms with Crippen molar-refractivity contribution in [2.24, 2.45) is 0 Å². The molecular formula is C27H29FN4O3. The van der Waals surface area contributed by atoms with Gasteiger partial charge in [-0.2, -0.15) is 0 Å². The van der Waals surface area contributed by atoms with Crippen LogP contribution in [0.15, 0.2) is 60.7 Å². The Bertz CT molecular complexity index is 1210. The van der Waals surface area contributed by atoms with Gasteiger partial charge in [0.15, 0.2) is 0 Å². The number of ether oxygens (including phenoxy) is 1. The van der Waals surface area contributed by atoms with Crippen LogP contribution in [0.25, 0.3) is 0 Å². The summed E-state index contributed by atoms with van der Waals surface area (Å²) in [6, 6.07) is 17.2. The zero-order chi connectivity index (χ0) is 24.8. The van der Waals surface area contributed by atoms with Gasteiger partial charge >= 0.3 is 6.03 Å². The first-order valence-electron chi connectivity index (χ1n) is 11.5. The number of nitrogens with zero attached hydrogens (tertiary/aromatic N) is 1. The second kappa shape index (κ2) is 11.0. The standard InChI is InChI=1S/C27H29FN4O3/c1-18-3-6-20(7-4-18)17-29-26(33)21-8-10-25(32-11-13-35-14-12-32)24(15-21)31-27(34)30-22-9-5-19(2)23(28)16-22/h3-10,15-16H,11-14,17H2,1-2H3,(H,29,33)(H2,30,31,34). The maximum absolute atomic E-state index is 13.9. The molecule has 3 N–H and O–H groups in total. The Morgan fingerprint density at radius 1 is 0.943 bits per heavy atom. The van der Waals surface area contributed by atoms with Gasteiger partial charge in [-0.1, -0.05) is 35.9 Å². The molecule has 7 nitrogen and oxygen atoms in total. The Morgan fingerprint density at radius 2 is 1.69 bits per heavy atom. The molecule has 0 bridgehead atoms. The SMILES string of the molecule is Cc1ccc(CNC(=O)c2ccc(N3CCOCC3)c(NC(=O)Nc3ccc(C)c(F)c3)c2)cc1. The molecule has 3 aromatic rings. The summed E-state index contributed by atoms with van der Waals surface area (Å²) < 4.78 is 19.3. The number of benzene rings is 3. The van der Waals surface area contributed by atoms with Gasteiger partial charge in [-0.05, 0) is 55.3 Å². The normalized spacial score (nSPS) is 13.3. The topological polar surface area (TPSA) is 82.7 Å². The predicted molar refractivity (Wildman–Crippen MR) is 136 cm³/mol. The summed E-state index contributed by atoms with van der Waals surface area (Å²) in [4.78, 5) is 27.7. The number of aryl methyl sites for hydroxylation is 2. The fraction of sp³-hybridized carbons (Fsp3) is 0.259. The summed E-state index contributed by atoms with van der Waals surface area (Å²) >= 11 is 0. The van der Waals surface area contributed by atoms with Crippen molar-refractivity contribution >= 4 is 29.0 Å². The van der Waals surface area contributed by atoms with Crippen molar-refractivity contribution < 1.29 is 18.7 Å². The average Bonchev–Trinajstić information content (AvgIpc) is 2.86. The van der Waals surface area contributed by atoms with Gasteiger partial charge in [0.1, 0.15) is 5.82 Å². The maximum Gasteiger partial charge on any atom is 0.323 e. The highest BCUT2D eigenvalue weighted by atomic mass is 19.1. The maximum atomic E-state index is 13.9. The van der Waals surface area contributed by atoms with Crippen LogP contribution in [0, 0.1) is 19.7 Å². The molecule has 3 amide bonds. The zero-order valence-electron chi connectivity index (χ0n) is 19.9. The van der Waals surface area contributed by atoms with E-state index in [-0.39, 0.29) is 5.91 Å². The summed E-state index contributed by atoms with van der Waals surface area (Å²) in [5.74, 6) is -0.646. The second-order valence-corrected chi connectivity index (χ2v) is 8.54. The van der Waals surface area contributed by atoms with Crippen LogP contribution in [0.4, 0.5) is 26.2 Å². The molecule has 8 heteroatoms. The van der Waals surface area contributed by atoms with E-state index < -0.39 is 11.8 Å². The van der Waals surface area contributed by atoms with Gasteiger partial charge in [-0.3, -0.25) is 4.79 Å². The molecular weight excluding hydrogens is 447 g/mol. The molecule has 1 fully saturated rings. The summed E-state index contributed by atoms with van der Waals surface area (Å²) in [6.07, 6.45) is 0. The number of amides is 3. The van der Waals surface area contributed by atoms with Gasteiger partial charge in [0.2, 0.25) is 0 Å². The van der Waals surface area contributed by atoms with Crippen molar-refractivity contribution in [2.45, 2.75) is 20.4 Å². The van der Waals surface area contributed by atoms with Crippen molar-refractivity contribution in [1.82, 2.24) is 5.32 Å². The Morgan fingerprint density at radius 3 is 2.40 bits per heavy atom. The van der Waals surface area contributed by atoms with E-state index in [0.29, 0.717) is 55.3 Å².